The lowest BCUT2D eigenvalue weighted by Gasteiger charge is -2.10. The minimum Gasteiger partial charge on any atom is -0.409 e. The van der Waals surface area contributed by atoms with Crippen molar-refractivity contribution in [2.24, 2.45) is 10.9 Å². The Kier molecular flexibility index (Phi) is 5.30. The van der Waals surface area contributed by atoms with E-state index in [0.717, 1.165) is 15.6 Å². The van der Waals surface area contributed by atoms with Gasteiger partial charge in [0.05, 0.1) is 0 Å². The van der Waals surface area contributed by atoms with E-state index in [4.69, 9.17) is 10.9 Å². The summed E-state index contributed by atoms with van der Waals surface area (Å²) >= 11 is 3.42. The third-order valence-electron chi connectivity index (χ3n) is 2.99. The van der Waals surface area contributed by atoms with E-state index >= 15 is 0 Å². The fourth-order valence-electron chi connectivity index (χ4n) is 1.98. The van der Waals surface area contributed by atoms with E-state index in [1.54, 1.807) is 6.07 Å². The maximum absolute atomic E-state index is 13.3. The van der Waals surface area contributed by atoms with Gasteiger partial charge in [0.15, 0.2) is 5.84 Å². The summed E-state index contributed by atoms with van der Waals surface area (Å²) in [4.78, 5) is 0. The molecule has 0 fully saturated rings. The van der Waals surface area contributed by atoms with E-state index in [1.165, 1.54) is 12.1 Å². The fourth-order valence-corrected chi connectivity index (χ4v) is 2.43. The molecule has 0 aromatic heterocycles. The van der Waals surface area contributed by atoms with Crippen molar-refractivity contribution in [2.75, 3.05) is 0 Å². The number of oxime groups is 1. The van der Waals surface area contributed by atoms with Gasteiger partial charge in [-0.2, -0.15) is 0 Å². The van der Waals surface area contributed by atoms with E-state index in [2.05, 4.69) is 26.4 Å². The van der Waals surface area contributed by atoms with E-state index < -0.39 is 5.82 Å². The normalized spacial score (nSPS) is 11.6. The third kappa shape index (κ3) is 4.27. The van der Waals surface area contributed by atoms with Crippen LogP contribution < -0.4 is 11.1 Å². The molecule has 0 aliphatic rings. The van der Waals surface area contributed by atoms with Crippen LogP contribution in [0.3, 0.4) is 0 Å². The van der Waals surface area contributed by atoms with Gasteiger partial charge in [0.25, 0.3) is 0 Å². The average molecular weight is 352 g/mol. The number of halogens is 2. The Bertz CT molecular complexity index is 661. The summed E-state index contributed by atoms with van der Waals surface area (Å²) in [6, 6.07) is 12.2. The maximum Gasteiger partial charge on any atom is 0.170 e. The number of nitrogens with zero attached hydrogens (tertiary/aromatic N) is 1. The van der Waals surface area contributed by atoms with Crippen LogP contribution in [-0.4, -0.2) is 11.0 Å². The van der Waals surface area contributed by atoms with E-state index in [0.29, 0.717) is 18.7 Å². The van der Waals surface area contributed by atoms with Gasteiger partial charge in [0, 0.05) is 23.1 Å². The molecule has 0 aliphatic carbocycles. The molecule has 0 aliphatic heterocycles. The Labute approximate surface area is 130 Å². The van der Waals surface area contributed by atoms with Gasteiger partial charge in [-0.05, 0) is 35.4 Å². The number of benzene rings is 2. The van der Waals surface area contributed by atoms with Gasteiger partial charge in [0.2, 0.25) is 0 Å². The number of nitrogens with one attached hydrogen (secondary N) is 1. The molecular formula is C15H15BrFN3O. The Morgan fingerprint density at radius 2 is 2.05 bits per heavy atom. The summed E-state index contributed by atoms with van der Waals surface area (Å²) in [6.45, 7) is 1.14. The summed E-state index contributed by atoms with van der Waals surface area (Å²) in [5.74, 6) is -0.527. The van der Waals surface area contributed by atoms with Crippen LogP contribution in [0.25, 0.3) is 0 Å². The highest BCUT2D eigenvalue weighted by Crippen LogP contribution is 2.13. The Morgan fingerprint density at radius 3 is 2.76 bits per heavy atom. The van der Waals surface area contributed by atoms with E-state index in [9.17, 15) is 4.39 Å². The summed E-state index contributed by atoms with van der Waals surface area (Å²) in [6.07, 6.45) is 0. The van der Waals surface area contributed by atoms with Crippen molar-refractivity contribution in [3.05, 3.63) is 69.4 Å². The summed E-state index contributed by atoms with van der Waals surface area (Å²) < 4.78 is 14.3. The smallest absolute Gasteiger partial charge is 0.170 e. The van der Waals surface area contributed by atoms with Crippen LogP contribution in [-0.2, 0) is 13.1 Å². The Morgan fingerprint density at radius 1 is 1.24 bits per heavy atom. The second-order valence-electron chi connectivity index (χ2n) is 4.52. The molecule has 0 unspecified atom stereocenters. The van der Waals surface area contributed by atoms with Crippen LogP contribution in [0, 0.1) is 5.82 Å². The topological polar surface area (TPSA) is 70.6 Å². The molecule has 4 nitrogen and oxygen atoms in total. The predicted molar refractivity (Wildman–Crippen MR) is 83.6 cm³/mol. The van der Waals surface area contributed by atoms with Crippen molar-refractivity contribution >= 4 is 21.8 Å². The SMILES string of the molecule is NC(=NO)c1cc(F)ccc1CNCc1cccc(Br)c1. The number of rotatable bonds is 5. The molecule has 0 bridgehead atoms. The number of nitrogens with two attached hydrogens (primary N) is 1. The van der Waals surface area contributed by atoms with Crippen molar-refractivity contribution in [3.8, 4) is 0 Å². The molecule has 2 aromatic rings. The van der Waals surface area contributed by atoms with Crippen LogP contribution in [0.4, 0.5) is 4.39 Å². The zero-order valence-corrected chi connectivity index (χ0v) is 12.8. The summed E-state index contributed by atoms with van der Waals surface area (Å²) in [5, 5.41) is 14.9. The first-order valence-corrected chi connectivity index (χ1v) is 7.11. The maximum atomic E-state index is 13.3. The van der Waals surface area contributed by atoms with Crippen molar-refractivity contribution < 1.29 is 9.60 Å². The Hall–Kier alpha value is -1.92. The quantitative estimate of drug-likeness (QED) is 0.335. The van der Waals surface area contributed by atoms with Gasteiger partial charge in [-0.1, -0.05) is 39.3 Å². The minimum absolute atomic E-state index is 0.103. The fraction of sp³-hybridized carbons (Fsp3) is 0.133. The highest BCUT2D eigenvalue weighted by Gasteiger charge is 2.08. The standard InChI is InChI=1S/C15H15BrFN3O/c16-12-3-1-2-10(6-12)8-19-9-11-4-5-13(17)7-14(11)15(18)20-21/h1-7,19,21H,8-9H2,(H2,18,20). The van der Waals surface area contributed by atoms with Crippen LogP contribution >= 0.6 is 15.9 Å². The molecule has 2 aromatic carbocycles. The Balaban J connectivity index is 2.06. The molecule has 0 saturated heterocycles. The third-order valence-corrected chi connectivity index (χ3v) is 3.48. The average Bonchev–Trinajstić information content (AvgIpc) is 2.48. The van der Waals surface area contributed by atoms with Crippen molar-refractivity contribution in [1.82, 2.24) is 5.32 Å². The lowest BCUT2D eigenvalue weighted by atomic mass is 10.1. The molecular weight excluding hydrogens is 337 g/mol. The minimum atomic E-state index is -0.424. The zero-order chi connectivity index (χ0) is 15.2. The summed E-state index contributed by atoms with van der Waals surface area (Å²) in [7, 11) is 0. The first-order valence-electron chi connectivity index (χ1n) is 6.31. The number of hydrogen-bond acceptors (Lipinski definition) is 3. The van der Waals surface area contributed by atoms with Gasteiger partial charge >= 0.3 is 0 Å². The molecule has 110 valence electrons. The molecule has 4 N–H and O–H groups in total. The van der Waals surface area contributed by atoms with Crippen LogP contribution in [0.1, 0.15) is 16.7 Å². The van der Waals surface area contributed by atoms with Gasteiger partial charge in [-0.25, -0.2) is 4.39 Å². The van der Waals surface area contributed by atoms with Crippen LogP contribution in [0.15, 0.2) is 52.1 Å². The molecule has 0 amide bonds. The molecule has 0 radical (unpaired) electrons. The van der Waals surface area contributed by atoms with Gasteiger partial charge in [-0.15, -0.1) is 0 Å². The van der Waals surface area contributed by atoms with Crippen molar-refractivity contribution in [3.63, 3.8) is 0 Å². The molecule has 0 spiro atoms. The molecule has 2 rings (SSSR count). The highest BCUT2D eigenvalue weighted by molar-refractivity contribution is 9.10. The molecule has 21 heavy (non-hydrogen) atoms. The van der Waals surface area contributed by atoms with Gasteiger partial charge in [-0.3, -0.25) is 0 Å². The van der Waals surface area contributed by atoms with E-state index in [1.807, 2.05) is 24.3 Å². The first kappa shape index (κ1) is 15.5. The second kappa shape index (κ2) is 7.19. The van der Waals surface area contributed by atoms with Crippen LogP contribution in [0.5, 0.6) is 0 Å². The van der Waals surface area contributed by atoms with Crippen molar-refractivity contribution in [2.45, 2.75) is 13.1 Å². The first-order chi connectivity index (χ1) is 10.1. The summed E-state index contributed by atoms with van der Waals surface area (Å²) in [5.41, 5.74) is 7.84. The number of amidine groups is 1. The molecule has 0 atom stereocenters. The monoisotopic (exact) mass is 351 g/mol. The van der Waals surface area contributed by atoms with Gasteiger partial charge < -0.3 is 16.3 Å². The van der Waals surface area contributed by atoms with E-state index in [-0.39, 0.29) is 5.84 Å². The van der Waals surface area contributed by atoms with Crippen molar-refractivity contribution in [1.29, 1.82) is 0 Å². The molecule has 6 heteroatoms. The van der Waals surface area contributed by atoms with Crippen LogP contribution in [0.2, 0.25) is 0 Å². The highest BCUT2D eigenvalue weighted by atomic mass is 79.9. The predicted octanol–water partition coefficient (Wildman–Crippen LogP) is 2.97. The number of hydrogen-bond donors (Lipinski definition) is 3. The largest absolute Gasteiger partial charge is 0.409 e. The second-order valence-corrected chi connectivity index (χ2v) is 5.44. The zero-order valence-electron chi connectivity index (χ0n) is 11.2. The lowest BCUT2D eigenvalue weighted by molar-refractivity contribution is 0.318. The lowest BCUT2D eigenvalue weighted by Crippen LogP contribution is -2.20. The molecule has 0 saturated carbocycles. The van der Waals surface area contributed by atoms with Gasteiger partial charge in [0.1, 0.15) is 5.82 Å². The molecule has 0 heterocycles.